The highest BCUT2D eigenvalue weighted by atomic mass is 15.1. The number of hydrogen-bond acceptors (Lipinski definition) is 1. The molecule has 0 fully saturated rings. The van der Waals surface area contributed by atoms with E-state index in [0.29, 0.717) is 0 Å². The zero-order valence-corrected chi connectivity index (χ0v) is 26.9. The van der Waals surface area contributed by atoms with Crippen molar-refractivity contribution in [1.29, 1.82) is 0 Å². The minimum atomic E-state index is 1.16. The molecule has 0 atom stereocenters. The first-order valence-corrected chi connectivity index (χ1v) is 16.2. The average Bonchev–Trinajstić information content (AvgIpc) is 3.47. The van der Waals surface area contributed by atoms with Crippen LogP contribution in [0.1, 0.15) is 19.4 Å². The van der Waals surface area contributed by atoms with E-state index < -0.39 is 0 Å². The highest BCUT2D eigenvalue weighted by molar-refractivity contribution is 6.19. The summed E-state index contributed by atoms with van der Waals surface area (Å²) in [6.07, 6.45) is 0. The molecule has 2 nitrogen and oxygen atoms in total. The van der Waals surface area contributed by atoms with Crippen molar-refractivity contribution in [3.8, 4) is 27.9 Å². The summed E-state index contributed by atoms with van der Waals surface area (Å²) in [5.41, 5.74) is 12.0. The second kappa shape index (κ2) is 12.4. The van der Waals surface area contributed by atoms with Crippen molar-refractivity contribution in [2.45, 2.75) is 20.8 Å². The van der Waals surface area contributed by atoms with Gasteiger partial charge < -0.3 is 9.47 Å². The summed E-state index contributed by atoms with van der Waals surface area (Å²) in [6.45, 7) is 6.21. The van der Waals surface area contributed by atoms with Crippen molar-refractivity contribution < 1.29 is 0 Å². The molecule has 2 heteroatoms. The fourth-order valence-corrected chi connectivity index (χ4v) is 6.69. The summed E-state index contributed by atoms with van der Waals surface area (Å²) in [5.74, 6) is 0. The highest BCUT2D eigenvalue weighted by Gasteiger charge is 2.18. The number of hydrogen-bond donors (Lipinski definition) is 0. The van der Waals surface area contributed by atoms with Crippen molar-refractivity contribution in [3.63, 3.8) is 0 Å². The molecular formula is C44H38N2. The van der Waals surface area contributed by atoms with E-state index in [1.165, 1.54) is 71.8 Å². The maximum absolute atomic E-state index is 2.48. The zero-order chi connectivity index (χ0) is 31.6. The molecule has 0 aliphatic heterocycles. The first-order chi connectivity index (χ1) is 22.7. The molecule has 1 aromatic heterocycles. The van der Waals surface area contributed by atoms with Crippen LogP contribution in [0.5, 0.6) is 0 Å². The van der Waals surface area contributed by atoms with E-state index in [1.54, 1.807) is 0 Å². The summed E-state index contributed by atoms with van der Waals surface area (Å²) in [6, 6.07) is 57.1. The summed E-state index contributed by atoms with van der Waals surface area (Å²) >= 11 is 0. The lowest BCUT2D eigenvalue weighted by Gasteiger charge is -2.23. The van der Waals surface area contributed by atoms with Crippen LogP contribution in [0.25, 0.3) is 60.5 Å². The van der Waals surface area contributed by atoms with E-state index >= 15 is 0 Å². The Labute approximate surface area is 271 Å². The van der Waals surface area contributed by atoms with Gasteiger partial charge in [-0.1, -0.05) is 123 Å². The monoisotopic (exact) mass is 594 g/mol. The Morgan fingerprint density at radius 1 is 0.478 bits per heavy atom. The molecule has 7 aromatic carbocycles. The van der Waals surface area contributed by atoms with Crippen molar-refractivity contribution in [2.75, 3.05) is 11.9 Å². The van der Waals surface area contributed by atoms with Gasteiger partial charge in [0.05, 0.1) is 11.0 Å². The Balaban J connectivity index is 0.00000166. The third kappa shape index (κ3) is 5.12. The zero-order valence-electron chi connectivity index (χ0n) is 26.9. The van der Waals surface area contributed by atoms with Crippen molar-refractivity contribution in [2.24, 2.45) is 0 Å². The standard InChI is InChI=1S/C42H32N2.C2H6/c1-29-24-32-22-23-38-37-20-12-13-21-40(37)44(42(38)39(32)28-41(29)43(2)35-18-10-5-11-19-35)36-26-33(30-14-6-3-7-15-30)25-34(27-36)31-16-8-4-9-17-31;1-2/h3-28H,1-2H3;1-2H3. The predicted molar refractivity (Wildman–Crippen MR) is 200 cm³/mol. The summed E-state index contributed by atoms with van der Waals surface area (Å²) < 4.78 is 2.48. The number of anilines is 2. The molecule has 0 unspecified atom stereocenters. The van der Waals surface area contributed by atoms with E-state index in [4.69, 9.17) is 0 Å². The normalized spacial score (nSPS) is 11.0. The summed E-state index contributed by atoms with van der Waals surface area (Å²) in [4.78, 5) is 2.30. The van der Waals surface area contributed by atoms with Gasteiger partial charge in [-0.15, -0.1) is 0 Å². The van der Waals surface area contributed by atoms with Crippen molar-refractivity contribution in [1.82, 2.24) is 4.57 Å². The molecule has 8 rings (SSSR count). The van der Waals surface area contributed by atoms with E-state index in [-0.39, 0.29) is 0 Å². The fraction of sp³-hybridized carbons (Fsp3) is 0.0909. The third-order valence-electron chi connectivity index (χ3n) is 8.86. The quantitative estimate of drug-likeness (QED) is 0.192. The minimum Gasteiger partial charge on any atom is -0.344 e. The Hall–Kier alpha value is -5.60. The van der Waals surface area contributed by atoms with Crippen LogP contribution >= 0.6 is 0 Å². The van der Waals surface area contributed by atoms with Crippen LogP contribution in [0, 0.1) is 6.92 Å². The second-order valence-corrected chi connectivity index (χ2v) is 11.6. The van der Waals surface area contributed by atoms with Crippen LogP contribution in [-0.2, 0) is 0 Å². The van der Waals surface area contributed by atoms with E-state index in [0.717, 1.165) is 5.69 Å². The third-order valence-corrected chi connectivity index (χ3v) is 8.86. The molecule has 0 spiro atoms. The van der Waals surface area contributed by atoms with Crippen LogP contribution in [0.3, 0.4) is 0 Å². The van der Waals surface area contributed by atoms with Gasteiger partial charge in [0, 0.05) is 40.3 Å². The van der Waals surface area contributed by atoms with Gasteiger partial charge in [0.15, 0.2) is 0 Å². The Kier molecular flexibility index (Phi) is 7.86. The maximum atomic E-state index is 2.48. The SMILES string of the molecule is CC.Cc1cc2ccc3c4ccccc4n(-c4cc(-c5ccccc5)cc(-c5ccccc5)c4)c3c2cc1N(C)c1ccccc1. The minimum absolute atomic E-state index is 1.16. The van der Waals surface area contributed by atoms with Crippen molar-refractivity contribution >= 4 is 44.0 Å². The number of nitrogens with zero attached hydrogens (tertiary/aromatic N) is 2. The van der Waals surface area contributed by atoms with Gasteiger partial charge in [-0.25, -0.2) is 0 Å². The summed E-state index contributed by atoms with van der Waals surface area (Å²) in [7, 11) is 2.16. The van der Waals surface area contributed by atoms with Crippen LogP contribution in [0.4, 0.5) is 11.4 Å². The van der Waals surface area contributed by atoms with Gasteiger partial charge >= 0.3 is 0 Å². The fourth-order valence-electron chi connectivity index (χ4n) is 6.69. The lowest BCUT2D eigenvalue weighted by atomic mass is 9.97. The van der Waals surface area contributed by atoms with Gasteiger partial charge in [0.1, 0.15) is 0 Å². The van der Waals surface area contributed by atoms with Crippen molar-refractivity contribution in [3.05, 3.63) is 163 Å². The number of benzene rings is 7. The lowest BCUT2D eigenvalue weighted by Crippen LogP contribution is -2.10. The largest absolute Gasteiger partial charge is 0.344 e. The van der Waals surface area contributed by atoms with Gasteiger partial charge in [0.25, 0.3) is 0 Å². The molecule has 224 valence electrons. The van der Waals surface area contributed by atoms with Gasteiger partial charge in [-0.05, 0) is 88.7 Å². The first kappa shape index (κ1) is 29.1. The van der Waals surface area contributed by atoms with Crippen LogP contribution in [0.2, 0.25) is 0 Å². The highest BCUT2D eigenvalue weighted by Crippen LogP contribution is 2.41. The molecule has 0 saturated carbocycles. The number of fused-ring (bicyclic) bond motifs is 5. The van der Waals surface area contributed by atoms with E-state index in [1.807, 2.05) is 13.8 Å². The molecule has 0 aliphatic carbocycles. The molecule has 0 N–H and O–H groups in total. The molecule has 0 saturated heterocycles. The Morgan fingerprint density at radius 3 is 1.67 bits per heavy atom. The number of rotatable bonds is 5. The van der Waals surface area contributed by atoms with Crippen LogP contribution < -0.4 is 4.90 Å². The molecule has 0 bridgehead atoms. The Morgan fingerprint density at radius 2 is 1.04 bits per heavy atom. The average molecular weight is 595 g/mol. The van der Waals surface area contributed by atoms with Crippen LogP contribution in [0.15, 0.2) is 158 Å². The maximum Gasteiger partial charge on any atom is 0.0620 e. The molecule has 0 radical (unpaired) electrons. The molecule has 46 heavy (non-hydrogen) atoms. The first-order valence-electron chi connectivity index (χ1n) is 16.2. The van der Waals surface area contributed by atoms with Gasteiger partial charge in [-0.2, -0.15) is 0 Å². The predicted octanol–water partition coefficient (Wildman–Crippen LogP) is 12.4. The number of aromatic nitrogens is 1. The summed E-state index contributed by atoms with van der Waals surface area (Å²) in [5, 5.41) is 5.01. The number of para-hydroxylation sites is 2. The second-order valence-electron chi connectivity index (χ2n) is 11.6. The molecule has 8 aromatic rings. The topological polar surface area (TPSA) is 8.17 Å². The van der Waals surface area contributed by atoms with E-state index in [9.17, 15) is 0 Å². The molecule has 0 amide bonds. The lowest BCUT2D eigenvalue weighted by molar-refractivity contribution is 1.18. The van der Waals surface area contributed by atoms with Gasteiger partial charge in [-0.3, -0.25) is 0 Å². The number of aryl methyl sites for hydroxylation is 1. The van der Waals surface area contributed by atoms with E-state index in [2.05, 4.69) is 181 Å². The molecule has 1 heterocycles. The molecular weight excluding hydrogens is 556 g/mol. The van der Waals surface area contributed by atoms with Gasteiger partial charge in [0.2, 0.25) is 0 Å². The molecule has 0 aliphatic rings. The smallest absolute Gasteiger partial charge is 0.0620 e. The van der Waals surface area contributed by atoms with Crippen LogP contribution in [-0.4, -0.2) is 11.6 Å². The Bertz CT molecular complexity index is 2220.